The van der Waals surface area contributed by atoms with Crippen molar-refractivity contribution in [3.05, 3.63) is 59.5 Å². The fourth-order valence-electron chi connectivity index (χ4n) is 3.25. The monoisotopic (exact) mass is 323 g/mol. The van der Waals surface area contributed by atoms with Gasteiger partial charge in [-0.15, -0.1) is 0 Å². The van der Waals surface area contributed by atoms with Crippen LogP contribution in [0.1, 0.15) is 41.7 Å². The minimum atomic E-state index is -0.380. The molecule has 122 valence electrons. The van der Waals surface area contributed by atoms with Crippen molar-refractivity contribution >= 4 is 16.9 Å². The zero-order valence-electron chi connectivity index (χ0n) is 13.4. The molecule has 3 aromatic rings. The molecule has 0 amide bonds. The third kappa shape index (κ3) is 2.48. The molecule has 4 heteroatoms. The molecule has 1 saturated carbocycles. The Hall–Kier alpha value is -2.62. The Morgan fingerprint density at radius 2 is 1.96 bits per heavy atom. The van der Waals surface area contributed by atoms with Crippen LogP contribution in [0.2, 0.25) is 0 Å². The SMILES string of the molecule is CCOC(=O)c1[nH]c2c(C3CC3)cccc2c1-c1ccc(F)cc1. The third-order valence-corrected chi connectivity index (χ3v) is 4.50. The number of fused-ring (bicyclic) bond motifs is 1. The van der Waals surface area contributed by atoms with Gasteiger partial charge >= 0.3 is 5.97 Å². The summed E-state index contributed by atoms with van der Waals surface area (Å²) >= 11 is 0. The van der Waals surface area contributed by atoms with Gasteiger partial charge in [-0.1, -0.05) is 30.3 Å². The quantitative estimate of drug-likeness (QED) is 0.684. The molecule has 1 aromatic heterocycles. The Morgan fingerprint density at radius 3 is 2.62 bits per heavy atom. The molecule has 1 aliphatic rings. The summed E-state index contributed by atoms with van der Waals surface area (Å²) in [6, 6.07) is 12.3. The lowest BCUT2D eigenvalue weighted by Crippen LogP contribution is -2.06. The number of benzene rings is 2. The molecule has 0 atom stereocenters. The van der Waals surface area contributed by atoms with E-state index < -0.39 is 0 Å². The highest BCUT2D eigenvalue weighted by atomic mass is 19.1. The highest BCUT2D eigenvalue weighted by molar-refractivity contribution is 6.08. The maximum atomic E-state index is 13.3. The number of aromatic amines is 1. The number of rotatable bonds is 4. The number of aromatic nitrogens is 1. The summed E-state index contributed by atoms with van der Waals surface area (Å²) in [6.45, 7) is 2.10. The topological polar surface area (TPSA) is 42.1 Å². The van der Waals surface area contributed by atoms with Crippen LogP contribution in [-0.2, 0) is 4.74 Å². The van der Waals surface area contributed by atoms with Crippen LogP contribution in [0, 0.1) is 5.82 Å². The third-order valence-electron chi connectivity index (χ3n) is 4.50. The Kier molecular flexibility index (Phi) is 3.60. The summed E-state index contributed by atoms with van der Waals surface area (Å²) in [6.07, 6.45) is 2.36. The van der Waals surface area contributed by atoms with Crippen molar-refractivity contribution in [1.29, 1.82) is 0 Å². The maximum Gasteiger partial charge on any atom is 0.355 e. The van der Waals surface area contributed by atoms with E-state index in [9.17, 15) is 9.18 Å². The number of hydrogen-bond donors (Lipinski definition) is 1. The summed E-state index contributed by atoms with van der Waals surface area (Å²) in [5.41, 5.74) is 4.25. The van der Waals surface area contributed by atoms with Gasteiger partial charge in [-0.25, -0.2) is 9.18 Å². The summed E-state index contributed by atoms with van der Waals surface area (Å²) in [7, 11) is 0. The first-order valence-electron chi connectivity index (χ1n) is 8.26. The second-order valence-electron chi connectivity index (χ2n) is 6.15. The number of ether oxygens (including phenoxy) is 1. The first kappa shape index (κ1) is 14.9. The van der Waals surface area contributed by atoms with Crippen molar-refractivity contribution in [3.63, 3.8) is 0 Å². The minimum absolute atomic E-state index is 0.296. The number of para-hydroxylation sites is 1. The highest BCUT2D eigenvalue weighted by Gasteiger charge is 2.28. The van der Waals surface area contributed by atoms with E-state index in [0.29, 0.717) is 18.2 Å². The van der Waals surface area contributed by atoms with Crippen molar-refractivity contribution in [1.82, 2.24) is 4.98 Å². The van der Waals surface area contributed by atoms with Crippen LogP contribution < -0.4 is 0 Å². The maximum absolute atomic E-state index is 13.3. The van der Waals surface area contributed by atoms with Crippen LogP contribution >= 0.6 is 0 Å². The second-order valence-corrected chi connectivity index (χ2v) is 6.15. The van der Waals surface area contributed by atoms with E-state index in [1.807, 2.05) is 12.1 Å². The van der Waals surface area contributed by atoms with Crippen molar-refractivity contribution < 1.29 is 13.9 Å². The number of carbonyl (C=O) groups excluding carboxylic acids is 1. The number of carbonyl (C=O) groups is 1. The van der Waals surface area contributed by atoms with Crippen LogP contribution in [0.25, 0.3) is 22.0 Å². The molecule has 0 unspecified atom stereocenters. The van der Waals surface area contributed by atoms with E-state index >= 15 is 0 Å². The van der Waals surface area contributed by atoms with Gasteiger partial charge in [0.15, 0.2) is 0 Å². The summed E-state index contributed by atoms with van der Waals surface area (Å²) < 4.78 is 18.5. The Morgan fingerprint density at radius 1 is 1.21 bits per heavy atom. The van der Waals surface area contributed by atoms with E-state index in [1.165, 1.54) is 30.5 Å². The normalized spacial score (nSPS) is 14.1. The first-order chi connectivity index (χ1) is 11.7. The molecule has 0 spiro atoms. The highest BCUT2D eigenvalue weighted by Crippen LogP contribution is 2.45. The molecule has 0 bridgehead atoms. The largest absolute Gasteiger partial charge is 0.461 e. The number of H-pyrrole nitrogens is 1. The molecule has 1 aliphatic carbocycles. The van der Waals surface area contributed by atoms with Crippen LogP contribution in [0.15, 0.2) is 42.5 Å². The van der Waals surface area contributed by atoms with Crippen LogP contribution in [-0.4, -0.2) is 17.6 Å². The number of nitrogens with one attached hydrogen (secondary N) is 1. The fourth-order valence-corrected chi connectivity index (χ4v) is 3.25. The minimum Gasteiger partial charge on any atom is -0.461 e. The van der Waals surface area contributed by atoms with Gasteiger partial charge in [-0.2, -0.15) is 0 Å². The lowest BCUT2D eigenvalue weighted by Gasteiger charge is -2.05. The zero-order valence-corrected chi connectivity index (χ0v) is 13.4. The molecule has 0 aliphatic heterocycles. The molecule has 1 heterocycles. The predicted molar refractivity (Wildman–Crippen MR) is 91.6 cm³/mol. The average Bonchev–Trinajstić information content (AvgIpc) is 3.35. The zero-order chi connectivity index (χ0) is 16.7. The van der Waals surface area contributed by atoms with Gasteiger partial charge in [0.25, 0.3) is 0 Å². The van der Waals surface area contributed by atoms with Gasteiger partial charge in [0, 0.05) is 10.9 Å². The summed E-state index contributed by atoms with van der Waals surface area (Å²) in [5, 5.41) is 0.981. The molecule has 2 aromatic carbocycles. The molecule has 24 heavy (non-hydrogen) atoms. The van der Waals surface area contributed by atoms with E-state index in [-0.39, 0.29) is 11.8 Å². The predicted octanol–water partition coefficient (Wildman–Crippen LogP) is 5.03. The van der Waals surface area contributed by atoms with Crippen LogP contribution in [0.4, 0.5) is 4.39 Å². The molecule has 1 N–H and O–H groups in total. The van der Waals surface area contributed by atoms with E-state index in [0.717, 1.165) is 22.0 Å². The van der Waals surface area contributed by atoms with Crippen molar-refractivity contribution in [2.45, 2.75) is 25.7 Å². The van der Waals surface area contributed by atoms with E-state index in [1.54, 1.807) is 19.1 Å². The first-order valence-corrected chi connectivity index (χ1v) is 8.26. The average molecular weight is 323 g/mol. The van der Waals surface area contributed by atoms with Crippen molar-refractivity contribution in [2.24, 2.45) is 0 Å². The summed E-state index contributed by atoms with van der Waals surface area (Å²) in [4.78, 5) is 15.7. The molecular formula is C20H18FNO2. The van der Waals surface area contributed by atoms with Crippen molar-refractivity contribution in [3.8, 4) is 11.1 Å². The van der Waals surface area contributed by atoms with Gasteiger partial charge in [-0.3, -0.25) is 0 Å². The molecule has 1 fully saturated rings. The van der Waals surface area contributed by atoms with E-state index in [2.05, 4.69) is 11.1 Å². The van der Waals surface area contributed by atoms with E-state index in [4.69, 9.17) is 4.74 Å². The van der Waals surface area contributed by atoms with Gasteiger partial charge in [0.1, 0.15) is 11.5 Å². The number of halogens is 1. The molecular weight excluding hydrogens is 305 g/mol. The smallest absolute Gasteiger partial charge is 0.355 e. The Labute approximate surface area is 139 Å². The number of esters is 1. The molecule has 3 nitrogen and oxygen atoms in total. The number of hydrogen-bond acceptors (Lipinski definition) is 2. The Balaban J connectivity index is 1.97. The van der Waals surface area contributed by atoms with Gasteiger partial charge in [-0.05, 0) is 48.9 Å². The molecule has 0 saturated heterocycles. The Bertz CT molecular complexity index is 907. The van der Waals surface area contributed by atoms with Gasteiger partial charge in [0.05, 0.1) is 12.1 Å². The lowest BCUT2D eigenvalue weighted by molar-refractivity contribution is 0.0521. The van der Waals surface area contributed by atoms with Crippen LogP contribution in [0.3, 0.4) is 0 Å². The molecule has 0 radical (unpaired) electrons. The standard InChI is InChI=1S/C20H18FNO2/c1-2-24-20(23)19-17(13-8-10-14(21)11-9-13)16-5-3-4-15(12-6-7-12)18(16)22-19/h3-5,8-12,22H,2,6-7H2,1H3. The summed E-state index contributed by atoms with van der Waals surface area (Å²) in [5.74, 6) is -0.117. The van der Waals surface area contributed by atoms with Crippen LogP contribution in [0.5, 0.6) is 0 Å². The second kappa shape index (κ2) is 5.78. The fraction of sp³-hybridized carbons (Fsp3) is 0.250. The lowest BCUT2D eigenvalue weighted by atomic mass is 9.99. The molecule has 4 rings (SSSR count). The van der Waals surface area contributed by atoms with Crippen molar-refractivity contribution in [2.75, 3.05) is 6.61 Å². The van der Waals surface area contributed by atoms with Gasteiger partial charge < -0.3 is 9.72 Å². The van der Waals surface area contributed by atoms with Gasteiger partial charge in [0.2, 0.25) is 0 Å².